The Bertz CT molecular complexity index is 209. The summed E-state index contributed by atoms with van der Waals surface area (Å²) < 4.78 is 0. The van der Waals surface area contributed by atoms with Crippen molar-refractivity contribution in [3.8, 4) is 0 Å². The van der Waals surface area contributed by atoms with Crippen LogP contribution in [0, 0.1) is 0 Å². The Labute approximate surface area is 105 Å². The molecule has 0 aromatic carbocycles. The number of hydrogen-bond donors (Lipinski definition) is 4. The van der Waals surface area contributed by atoms with Crippen molar-refractivity contribution in [3.05, 3.63) is 0 Å². The van der Waals surface area contributed by atoms with Crippen molar-refractivity contribution in [2.45, 2.75) is 25.8 Å². The Morgan fingerprint density at radius 1 is 0.941 bits per heavy atom. The van der Waals surface area contributed by atoms with E-state index in [0.29, 0.717) is 6.61 Å². The summed E-state index contributed by atoms with van der Waals surface area (Å²) in [7, 11) is 0. The lowest BCUT2D eigenvalue weighted by Crippen LogP contribution is -3.30. The molecule has 0 aromatic heterocycles. The number of likely N-dealkylation sites (tertiary alicyclic amines) is 1. The first kappa shape index (κ1) is 13.3. The van der Waals surface area contributed by atoms with Crippen molar-refractivity contribution < 1.29 is 19.8 Å². The maximum atomic E-state index is 8.96. The van der Waals surface area contributed by atoms with Crippen LogP contribution in [0.2, 0.25) is 0 Å². The summed E-state index contributed by atoms with van der Waals surface area (Å²) in [6, 6.07) is 0.931. The third-order valence-electron chi connectivity index (χ3n) is 4.83. The van der Waals surface area contributed by atoms with E-state index in [1.54, 1.807) is 9.80 Å². The number of nitrogens with one attached hydrogen (secondary N) is 3. The van der Waals surface area contributed by atoms with Gasteiger partial charge in [0.25, 0.3) is 0 Å². The van der Waals surface area contributed by atoms with Gasteiger partial charge in [-0.1, -0.05) is 0 Å². The van der Waals surface area contributed by atoms with Crippen molar-refractivity contribution in [1.29, 1.82) is 0 Å². The molecule has 2 aliphatic heterocycles. The standard InChI is InChI=1S/C13H27N3O/c1-2-14-5-3-13(4-6-14)16-9-7-15(8-10-16)11-12-17/h13,17H,2-12H2,1H3/p+3. The second-order valence-corrected chi connectivity index (χ2v) is 5.76. The molecular weight excluding hydrogens is 214 g/mol. The molecule has 2 fully saturated rings. The van der Waals surface area contributed by atoms with Gasteiger partial charge in [0.05, 0.1) is 32.3 Å². The molecule has 4 heteroatoms. The van der Waals surface area contributed by atoms with E-state index in [4.69, 9.17) is 5.11 Å². The van der Waals surface area contributed by atoms with Crippen LogP contribution in [0.25, 0.3) is 0 Å². The Morgan fingerprint density at radius 2 is 1.59 bits per heavy atom. The van der Waals surface area contributed by atoms with Crippen LogP contribution in [0.4, 0.5) is 0 Å². The molecule has 0 radical (unpaired) electrons. The molecule has 2 aliphatic rings. The normalized spacial score (nSPS) is 39.2. The van der Waals surface area contributed by atoms with Gasteiger partial charge in [-0.2, -0.15) is 0 Å². The highest BCUT2D eigenvalue weighted by atomic mass is 16.3. The zero-order valence-corrected chi connectivity index (χ0v) is 11.3. The number of rotatable bonds is 4. The lowest BCUT2D eigenvalue weighted by atomic mass is 10.0. The van der Waals surface area contributed by atoms with Gasteiger partial charge in [-0.25, -0.2) is 0 Å². The average molecular weight is 244 g/mol. The van der Waals surface area contributed by atoms with Crippen molar-refractivity contribution in [2.24, 2.45) is 0 Å². The summed E-state index contributed by atoms with van der Waals surface area (Å²) in [4.78, 5) is 5.25. The molecule has 2 saturated heterocycles. The van der Waals surface area contributed by atoms with E-state index in [9.17, 15) is 0 Å². The van der Waals surface area contributed by atoms with Crippen LogP contribution in [0.3, 0.4) is 0 Å². The molecule has 4 N–H and O–H groups in total. The molecule has 2 rings (SSSR count). The summed E-state index contributed by atoms with van der Waals surface area (Å²) in [6.07, 6.45) is 2.85. The zero-order chi connectivity index (χ0) is 12.1. The Morgan fingerprint density at radius 3 is 2.12 bits per heavy atom. The lowest BCUT2D eigenvalue weighted by molar-refractivity contribution is -1.03. The van der Waals surface area contributed by atoms with Crippen LogP contribution >= 0.6 is 0 Å². The van der Waals surface area contributed by atoms with Crippen molar-refractivity contribution in [1.82, 2.24) is 0 Å². The van der Waals surface area contributed by atoms with Crippen LogP contribution in [0.1, 0.15) is 19.8 Å². The first-order valence-corrected chi connectivity index (χ1v) is 7.46. The highest BCUT2D eigenvalue weighted by Gasteiger charge is 2.32. The molecule has 0 amide bonds. The van der Waals surface area contributed by atoms with Crippen LogP contribution in [-0.2, 0) is 0 Å². The van der Waals surface area contributed by atoms with Crippen molar-refractivity contribution in [2.75, 3.05) is 59.0 Å². The van der Waals surface area contributed by atoms with Gasteiger partial charge in [0.1, 0.15) is 32.7 Å². The largest absolute Gasteiger partial charge is 0.391 e. The molecule has 0 atom stereocenters. The lowest BCUT2D eigenvalue weighted by Gasteiger charge is -2.37. The summed E-state index contributed by atoms with van der Waals surface area (Å²) in [5.41, 5.74) is 0. The zero-order valence-electron chi connectivity index (χ0n) is 11.3. The molecule has 0 saturated carbocycles. The third kappa shape index (κ3) is 3.65. The topological polar surface area (TPSA) is 33.5 Å². The van der Waals surface area contributed by atoms with Gasteiger partial charge in [0, 0.05) is 12.8 Å². The van der Waals surface area contributed by atoms with Crippen molar-refractivity contribution >= 4 is 0 Å². The summed E-state index contributed by atoms with van der Waals surface area (Å²) in [5.74, 6) is 0. The van der Waals surface area contributed by atoms with E-state index in [1.165, 1.54) is 58.7 Å². The van der Waals surface area contributed by atoms with Gasteiger partial charge in [0.15, 0.2) is 0 Å². The molecule has 100 valence electrons. The van der Waals surface area contributed by atoms with E-state index in [-0.39, 0.29) is 0 Å². The maximum absolute atomic E-state index is 8.96. The summed E-state index contributed by atoms with van der Waals surface area (Å²) in [5, 5.41) is 8.96. The minimum Gasteiger partial charge on any atom is -0.391 e. The molecule has 2 heterocycles. The second-order valence-electron chi connectivity index (χ2n) is 5.76. The number of aliphatic hydroxyl groups is 1. The third-order valence-corrected chi connectivity index (χ3v) is 4.83. The van der Waals surface area contributed by atoms with Crippen LogP contribution in [-0.4, -0.2) is 70.1 Å². The fourth-order valence-corrected chi connectivity index (χ4v) is 3.53. The predicted octanol–water partition coefficient (Wildman–Crippen LogP) is -4.17. The molecule has 0 spiro atoms. The van der Waals surface area contributed by atoms with Crippen LogP contribution in [0.15, 0.2) is 0 Å². The minimum absolute atomic E-state index is 0.350. The number of hydrogen-bond acceptors (Lipinski definition) is 1. The van der Waals surface area contributed by atoms with E-state index < -0.39 is 0 Å². The quantitative estimate of drug-likeness (QED) is 0.398. The van der Waals surface area contributed by atoms with Gasteiger partial charge >= 0.3 is 0 Å². The van der Waals surface area contributed by atoms with Gasteiger partial charge in [0.2, 0.25) is 0 Å². The summed E-state index contributed by atoms with van der Waals surface area (Å²) in [6.45, 7) is 12.8. The molecular formula is C13H30N3O+3. The smallest absolute Gasteiger partial charge is 0.127 e. The van der Waals surface area contributed by atoms with Gasteiger partial charge in [-0.15, -0.1) is 0 Å². The van der Waals surface area contributed by atoms with Crippen molar-refractivity contribution in [3.63, 3.8) is 0 Å². The maximum Gasteiger partial charge on any atom is 0.127 e. The Hall–Kier alpha value is -0.160. The molecule has 4 nitrogen and oxygen atoms in total. The number of piperazine rings is 1. The van der Waals surface area contributed by atoms with Gasteiger partial charge < -0.3 is 19.8 Å². The predicted molar refractivity (Wildman–Crippen MR) is 67.6 cm³/mol. The van der Waals surface area contributed by atoms with E-state index >= 15 is 0 Å². The molecule has 0 bridgehead atoms. The molecule has 0 aliphatic carbocycles. The van der Waals surface area contributed by atoms with Crippen LogP contribution in [0.5, 0.6) is 0 Å². The number of piperidine rings is 1. The first-order chi connectivity index (χ1) is 8.33. The fourth-order valence-electron chi connectivity index (χ4n) is 3.53. The SMILES string of the molecule is CC[NH+]1CCC([NH+]2CC[NH+](CCO)CC2)CC1. The van der Waals surface area contributed by atoms with E-state index in [2.05, 4.69) is 6.92 Å². The monoisotopic (exact) mass is 244 g/mol. The molecule has 0 aromatic rings. The molecule has 0 unspecified atom stereocenters. The number of aliphatic hydroxyl groups excluding tert-OH is 1. The second kappa shape index (κ2) is 6.69. The fraction of sp³-hybridized carbons (Fsp3) is 1.00. The van der Waals surface area contributed by atoms with Gasteiger partial charge in [-0.05, 0) is 6.92 Å². The highest BCUT2D eigenvalue weighted by molar-refractivity contribution is 4.60. The number of quaternary nitrogens is 3. The highest BCUT2D eigenvalue weighted by Crippen LogP contribution is 1.95. The average Bonchev–Trinajstić information content (AvgIpc) is 2.40. The van der Waals surface area contributed by atoms with E-state index in [0.717, 1.165) is 12.6 Å². The minimum atomic E-state index is 0.350. The molecule has 17 heavy (non-hydrogen) atoms. The van der Waals surface area contributed by atoms with Gasteiger partial charge in [-0.3, -0.25) is 0 Å². The summed E-state index contributed by atoms with van der Waals surface area (Å²) >= 11 is 0. The Balaban J connectivity index is 1.70. The Kier molecular flexibility index (Phi) is 5.22. The first-order valence-electron chi connectivity index (χ1n) is 7.46. The van der Waals surface area contributed by atoms with Crippen LogP contribution < -0.4 is 14.7 Å². The van der Waals surface area contributed by atoms with E-state index in [1.807, 2.05) is 4.90 Å².